The smallest absolute Gasteiger partial charge is 0.185 e. The van der Waals surface area contributed by atoms with Gasteiger partial charge in [0.2, 0.25) is 0 Å². The first-order valence-corrected chi connectivity index (χ1v) is 6.22. The van der Waals surface area contributed by atoms with Crippen LogP contribution in [0.25, 0.3) is 0 Å². The van der Waals surface area contributed by atoms with Crippen LogP contribution in [0.3, 0.4) is 0 Å². The molecule has 0 unspecified atom stereocenters. The molecule has 0 saturated heterocycles. The monoisotopic (exact) mass is 251 g/mol. The van der Waals surface area contributed by atoms with Crippen LogP contribution in [0.1, 0.15) is 24.5 Å². The van der Waals surface area contributed by atoms with E-state index in [2.05, 4.69) is 11.8 Å². The molecule has 2 nitrogen and oxygen atoms in total. The molecular formula is C13H14FNOS. The third-order valence-electron chi connectivity index (χ3n) is 2.02. The number of nitrogens with two attached hydrogens (primary N) is 1. The summed E-state index contributed by atoms with van der Waals surface area (Å²) in [5.41, 5.74) is 6.68. The van der Waals surface area contributed by atoms with E-state index >= 15 is 0 Å². The number of hydrogen-bond donors (Lipinski definition) is 1. The van der Waals surface area contributed by atoms with Gasteiger partial charge in [0.15, 0.2) is 5.12 Å². The van der Waals surface area contributed by atoms with Gasteiger partial charge < -0.3 is 5.73 Å². The van der Waals surface area contributed by atoms with Gasteiger partial charge in [-0.1, -0.05) is 29.7 Å². The van der Waals surface area contributed by atoms with Gasteiger partial charge in [-0.25, -0.2) is 4.39 Å². The van der Waals surface area contributed by atoms with E-state index in [1.54, 1.807) is 12.1 Å². The zero-order chi connectivity index (χ0) is 12.7. The number of rotatable bonds is 3. The van der Waals surface area contributed by atoms with E-state index in [9.17, 15) is 9.18 Å². The number of hydrogen-bond acceptors (Lipinski definition) is 3. The van der Waals surface area contributed by atoms with Crippen molar-refractivity contribution in [1.29, 1.82) is 0 Å². The molecule has 0 fully saturated rings. The molecule has 17 heavy (non-hydrogen) atoms. The summed E-state index contributed by atoms with van der Waals surface area (Å²) in [5.74, 6) is 5.90. The average Bonchev–Trinajstić information content (AvgIpc) is 2.30. The molecule has 2 N–H and O–H groups in total. The Morgan fingerprint density at radius 2 is 2.29 bits per heavy atom. The van der Waals surface area contributed by atoms with E-state index < -0.39 is 0 Å². The lowest BCUT2D eigenvalue weighted by Gasteiger charge is -1.98. The maximum Gasteiger partial charge on any atom is 0.185 e. The highest BCUT2D eigenvalue weighted by Gasteiger charge is 1.99. The summed E-state index contributed by atoms with van der Waals surface area (Å²) in [4.78, 5) is 10.7. The van der Waals surface area contributed by atoms with Gasteiger partial charge in [-0.2, -0.15) is 0 Å². The van der Waals surface area contributed by atoms with E-state index in [-0.39, 0.29) is 10.9 Å². The van der Waals surface area contributed by atoms with Crippen LogP contribution in [0.4, 0.5) is 4.39 Å². The number of carbonyl (C=O) groups is 1. The Hall–Kier alpha value is -1.31. The molecule has 0 aliphatic carbocycles. The molecule has 1 rings (SSSR count). The van der Waals surface area contributed by atoms with Crippen LogP contribution >= 0.6 is 11.8 Å². The van der Waals surface area contributed by atoms with Gasteiger partial charge in [0.1, 0.15) is 5.82 Å². The van der Waals surface area contributed by atoms with Gasteiger partial charge in [-0.15, -0.1) is 0 Å². The first-order chi connectivity index (χ1) is 8.13. The Morgan fingerprint density at radius 1 is 1.53 bits per heavy atom. The topological polar surface area (TPSA) is 43.1 Å². The highest BCUT2D eigenvalue weighted by Crippen LogP contribution is 2.09. The molecule has 0 heterocycles. The lowest BCUT2D eigenvalue weighted by atomic mass is 10.1. The normalized spacial score (nSPS) is 9.59. The molecule has 0 radical (unpaired) electrons. The molecule has 0 spiro atoms. The molecule has 0 saturated carbocycles. The minimum Gasteiger partial charge on any atom is -0.326 e. The van der Waals surface area contributed by atoms with Gasteiger partial charge in [0.25, 0.3) is 0 Å². The Labute approximate surface area is 105 Å². The van der Waals surface area contributed by atoms with E-state index in [1.807, 2.05) is 0 Å². The molecule has 4 heteroatoms. The lowest BCUT2D eigenvalue weighted by Crippen LogP contribution is -1.97. The predicted octanol–water partition coefficient (Wildman–Crippen LogP) is 2.31. The van der Waals surface area contributed by atoms with Crippen molar-refractivity contribution in [2.24, 2.45) is 5.73 Å². The van der Waals surface area contributed by atoms with Crippen molar-refractivity contribution in [2.45, 2.75) is 19.9 Å². The summed E-state index contributed by atoms with van der Waals surface area (Å²) in [6, 6.07) is 4.67. The minimum atomic E-state index is -0.339. The van der Waals surface area contributed by atoms with Gasteiger partial charge >= 0.3 is 0 Å². The van der Waals surface area contributed by atoms with Crippen molar-refractivity contribution in [3.63, 3.8) is 0 Å². The van der Waals surface area contributed by atoms with Crippen LogP contribution < -0.4 is 5.73 Å². The highest BCUT2D eigenvalue weighted by atomic mass is 32.2. The second-order valence-electron chi connectivity index (χ2n) is 3.41. The van der Waals surface area contributed by atoms with Crippen LogP contribution in [0, 0.1) is 17.7 Å². The Bertz CT molecular complexity index is 462. The fourth-order valence-corrected chi connectivity index (χ4v) is 1.69. The zero-order valence-corrected chi connectivity index (χ0v) is 10.4. The number of halogens is 1. The van der Waals surface area contributed by atoms with Crippen LogP contribution in [-0.4, -0.2) is 10.9 Å². The molecular weight excluding hydrogens is 237 g/mol. The largest absolute Gasteiger partial charge is 0.326 e. The van der Waals surface area contributed by atoms with Gasteiger partial charge in [0, 0.05) is 25.6 Å². The van der Waals surface area contributed by atoms with E-state index in [0.717, 1.165) is 5.56 Å². The van der Waals surface area contributed by atoms with E-state index in [4.69, 9.17) is 5.73 Å². The van der Waals surface area contributed by atoms with Crippen molar-refractivity contribution in [2.75, 3.05) is 5.75 Å². The van der Waals surface area contributed by atoms with Crippen LogP contribution in [0.2, 0.25) is 0 Å². The minimum absolute atomic E-state index is 0.0723. The highest BCUT2D eigenvalue weighted by molar-refractivity contribution is 8.13. The molecule has 0 aliphatic rings. The average molecular weight is 251 g/mol. The summed E-state index contributed by atoms with van der Waals surface area (Å²) >= 11 is 1.22. The molecule has 0 amide bonds. The maximum atomic E-state index is 13.3. The van der Waals surface area contributed by atoms with Gasteiger partial charge in [-0.3, -0.25) is 4.79 Å². The summed E-state index contributed by atoms with van der Waals surface area (Å²) in [5, 5.41) is 0.0723. The first-order valence-electron chi connectivity index (χ1n) is 5.24. The molecule has 0 atom stereocenters. The van der Waals surface area contributed by atoms with Crippen molar-refractivity contribution in [1.82, 2.24) is 0 Å². The molecule has 1 aromatic carbocycles. The molecule has 0 aromatic heterocycles. The Morgan fingerprint density at radius 3 is 2.94 bits per heavy atom. The summed E-state index contributed by atoms with van der Waals surface area (Å²) in [6.45, 7) is 1.89. The quantitative estimate of drug-likeness (QED) is 0.662. The summed E-state index contributed by atoms with van der Waals surface area (Å²) in [7, 11) is 0. The van der Waals surface area contributed by atoms with Crippen LogP contribution in [0.5, 0.6) is 0 Å². The van der Waals surface area contributed by atoms with E-state index in [0.29, 0.717) is 24.3 Å². The van der Waals surface area contributed by atoms with Crippen molar-refractivity contribution >= 4 is 16.9 Å². The van der Waals surface area contributed by atoms with Gasteiger partial charge in [0.05, 0.1) is 5.56 Å². The third kappa shape index (κ3) is 5.03. The van der Waals surface area contributed by atoms with Crippen LogP contribution in [-0.2, 0) is 11.3 Å². The fraction of sp³-hybridized carbons (Fsp3) is 0.308. The van der Waals surface area contributed by atoms with Crippen molar-refractivity contribution in [3.05, 3.63) is 35.1 Å². The number of carbonyl (C=O) groups excluding carboxylic acids is 1. The Balaban J connectivity index is 2.61. The molecule has 0 bridgehead atoms. The zero-order valence-electron chi connectivity index (χ0n) is 9.63. The maximum absolute atomic E-state index is 13.3. The van der Waals surface area contributed by atoms with Crippen molar-refractivity contribution < 1.29 is 9.18 Å². The SMILES string of the molecule is CC(=O)SCCC#Cc1cc(CN)ccc1F. The van der Waals surface area contributed by atoms with Gasteiger partial charge in [-0.05, 0) is 17.7 Å². The molecule has 90 valence electrons. The molecule has 0 aliphatic heterocycles. The predicted molar refractivity (Wildman–Crippen MR) is 68.9 cm³/mol. The van der Waals surface area contributed by atoms with E-state index in [1.165, 1.54) is 24.8 Å². The van der Waals surface area contributed by atoms with Crippen LogP contribution in [0.15, 0.2) is 18.2 Å². The lowest BCUT2D eigenvalue weighted by molar-refractivity contribution is -0.109. The number of benzene rings is 1. The fourth-order valence-electron chi connectivity index (χ4n) is 1.20. The third-order valence-corrected chi connectivity index (χ3v) is 2.84. The summed E-state index contributed by atoms with van der Waals surface area (Å²) < 4.78 is 13.3. The second-order valence-corrected chi connectivity index (χ2v) is 4.68. The first kappa shape index (κ1) is 13.8. The standard InChI is InChI=1S/C13H14FNOS/c1-10(16)17-7-3-2-4-12-8-11(9-15)5-6-13(12)14/h5-6,8H,3,7,9,15H2,1H3. The molecule has 1 aromatic rings. The number of thioether (sulfide) groups is 1. The Kier molecular flexibility index (Phi) is 5.75. The second kappa shape index (κ2) is 7.10. The summed E-state index contributed by atoms with van der Waals surface area (Å²) in [6.07, 6.45) is 0.566. The van der Waals surface area contributed by atoms with Crippen molar-refractivity contribution in [3.8, 4) is 11.8 Å².